The summed E-state index contributed by atoms with van der Waals surface area (Å²) in [5.74, 6) is 0.288. The molecule has 9 nitrogen and oxygen atoms in total. The van der Waals surface area contributed by atoms with E-state index in [4.69, 9.17) is 9.72 Å². The lowest BCUT2D eigenvalue weighted by molar-refractivity contribution is -0.138. The van der Waals surface area contributed by atoms with Crippen LogP contribution in [-0.2, 0) is 22.4 Å². The molecule has 0 aliphatic carbocycles. The molecule has 2 aromatic heterocycles. The molecule has 182 valence electrons. The molecule has 34 heavy (non-hydrogen) atoms. The Balaban J connectivity index is 1.26. The molecule has 2 aliphatic rings. The number of hydrogen-bond donors (Lipinski definition) is 3. The summed E-state index contributed by atoms with van der Waals surface area (Å²) in [6.07, 6.45) is 6.01. The highest BCUT2D eigenvalue weighted by Crippen LogP contribution is 2.23. The molecule has 3 N–H and O–H groups in total. The van der Waals surface area contributed by atoms with Crippen molar-refractivity contribution in [1.29, 1.82) is 0 Å². The second-order valence-electron chi connectivity index (χ2n) is 9.00. The lowest BCUT2D eigenvalue weighted by Crippen LogP contribution is -2.42. The Morgan fingerprint density at radius 2 is 2.09 bits per heavy atom. The van der Waals surface area contributed by atoms with Gasteiger partial charge in [0, 0.05) is 43.4 Å². The molecule has 1 atom stereocenters. The van der Waals surface area contributed by atoms with Crippen LogP contribution in [0.5, 0.6) is 5.88 Å². The lowest BCUT2D eigenvalue weighted by Gasteiger charge is -2.32. The molecule has 0 radical (unpaired) electrons. The van der Waals surface area contributed by atoms with Gasteiger partial charge in [-0.05, 0) is 56.0 Å². The third-order valence-electron chi connectivity index (χ3n) is 6.66. The summed E-state index contributed by atoms with van der Waals surface area (Å²) in [4.78, 5) is 35.6. The number of carbonyl (C=O) groups excluding carboxylic acids is 1. The maximum Gasteiger partial charge on any atom is 0.305 e. The van der Waals surface area contributed by atoms with Crippen LogP contribution >= 0.6 is 0 Å². The van der Waals surface area contributed by atoms with E-state index < -0.39 is 12.0 Å². The average Bonchev–Trinajstić information content (AvgIpc) is 2.87. The predicted octanol–water partition coefficient (Wildman–Crippen LogP) is 2.43. The number of aryl methyl sites for hydroxylation is 1. The van der Waals surface area contributed by atoms with Gasteiger partial charge in [0.25, 0.3) is 0 Å². The van der Waals surface area contributed by atoms with E-state index in [1.165, 1.54) is 12.7 Å². The quantitative estimate of drug-likeness (QED) is 0.515. The Morgan fingerprint density at radius 3 is 2.79 bits per heavy atom. The number of ether oxygens (including phenoxy) is 1. The van der Waals surface area contributed by atoms with E-state index in [-0.39, 0.29) is 18.2 Å². The molecule has 2 aliphatic heterocycles. The number of pyridine rings is 2. The fourth-order valence-corrected chi connectivity index (χ4v) is 4.63. The lowest BCUT2D eigenvalue weighted by atomic mass is 9.94. The number of fused-ring (bicyclic) bond motifs is 1. The highest BCUT2D eigenvalue weighted by molar-refractivity contribution is 5.80. The molecular formula is C25H33N5O4. The van der Waals surface area contributed by atoms with Crippen LogP contribution in [0.15, 0.2) is 30.5 Å². The van der Waals surface area contributed by atoms with Crippen LogP contribution in [-0.4, -0.2) is 65.1 Å². The normalized spacial score (nSPS) is 17.3. The standard InChI is InChI=1S/C25H33N5O4/c1-34-22-7-5-19(16-27-22)21(15-23(31)32)29-25(33)18-8-12-30(13-9-18)14-10-20-6-4-17-3-2-11-26-24(17)28-20/h4-7,16,18,21H,2-3,8-15H2,1H3,(H,26,28)(H,29,33)(H,31,32)/t21-/m0/s1. The number of nitrogens with zero attached hydrogens (tertiary/aromatic N) is 3. The van der Waals surface area contributed by atoms with Crippen molar-refractivity contribution in [3.05, 3.63) is 47.3 Å². The number of likely N-dealkylation sites (tertiary alicyclic amines) is 1. The van der Waals surface area contributed by atoms with Gasteiger partial charge < -0.3 is 25.4 Å². The fraction of sp³-hybridized carbons (Fsp3) is 0.520. The minimum absolute atomic E-state index is 0.0934. The van der Waals surface area contributed by atoms with E-state index >= 15 is 0 Å². The van der Waals surface area contributed by atoms with Crippen LogP contribution in [0.2, 0.25) is 0 Å². The zero-order chi connectivity index (χ0) is 23.9. The van der Waals surface area contributed by atoms with Gasteiger partial charge in [0.2, 0.25) is 11.8 Å². The topological polar surface area (TPSA) is 117 Å². The van der Waals surface area contributed by atoms with E-state index in [0.29, 0.717) is 11.4 Å². The first kappa shape index (κ1) is 23.9. The molecule has 9 heteroatoms. The number of carboxylic acids is 1. The van der Waals surface area contributed by atoms with E-state index in [1.54, 1.807) is 18.3 Å². The van der Waals surface area contributed by atoms with Crippen molar-refractivity contribution in [3.63, 3.8) is 0 Å². The summed E-state index contributed by atoms with van der Waals surface area (Å²) >= 11 is 0. The van der Waals surface area contributed by atoms with Gasteiger partial charge >= 0.3 is 5.97 Å². The maximum atomic E-state index is 12.9. The number of carbonyl (C=O) groups is 2. The Bertz CT molecular complexity index is 989. The highest BCUT2D eigenvalue weighted by atomic mass is 16.5. The van der Waals surface area contributed by atoms with Crippen molar-refractivity contribution in [2.24, 2.45) is 5.92 Å². The number of anilines is 1. The first-order valence-electron chi connectivity index (χ1n) is 12.0. The number of amides is 1. The van der Waals surface area contributed by atoms with Gasteiger partial charge in [-0.25, -0.2) is 9.97 Å². The molecule has 0 unspecified atom stereocenters. The van der Waals surface area contributed by atoms with Crippen molar-refractivity contribution in [2.75, 3.05) is 38.6 Å². The van der Waals surface area contributed by atoms with Gasteiger partial charge in [-0.3, -0.25) is 9.59 Å². The number of aliphatic carboxylic acids is 1. The number of hydrogen-bond acceptors (Lipinski definition) is 7. The van der Waals surface area contributed by atoms with Crippen molar-refractivity contribution >= 4 is 17.7 Å². The fourth-order valence-electron chi connectivity index (χ4n) is 4.63. The molecule has 1 fully saturated rings. The van der Waals surface area contributed by atoms with Gasteiger partial charge in [-0.2, -0.15) is 0 Å². The van der Waals surface area contributed by atoms with Crippen molar-refractivity contribution < 1.29 is 19.4 Å². The van der Waals surface area contributed by atoms with Gasteiger partial charge in [-0.1, -0.05) is 12.1 Å². The minimum atomic E-state index is -0.970. The monoisotopic (exact) mass is 467 g/mol. The van der Waals surface area contributed by atoms with Crippen LogP contribution in [0.3, 0.4) is 0 Å². The molecule has 0 spiro atoms. The number of piperidine rings is 1. The number of rotatable bonds is 9. The maximum absolute atomic E-state index is 12.9. The van der Waals surface area contributed by atoms with Crippen LogP contribution in [0.4, 0.5) is 5.82 Å². The summed E-state index contributed by atoms with van der Waals surface area (Å²) in [5, 5.41) is 15.6. The summed E-state index contributed by atoms with van der Waals surface area (Å²) in [5.41, 5.74) is 3.05. The zero-order valence-corrected chi connectivity index (χ0v) is 19.6. The van der Waals surface area contributed by atoms with Gasteiger partial charge in [-0.15, -0.1) is 0 Å². The molecule has 0 bridgehead atoms. The molecule has 0 saturated carbocycles. The number of nitrogens with one attached hydrogen (secondary N) is 2. The Kier molecular flexibility index (Phi) is 7.95. The van der Waals surface area contributed by atoms with Gasteiger partial charge in [0.1, 0.15) is 5.82 Å². The second-order valence-corrected chi connectivity index (χ2v) is 9.00. The molecule has 4 heterocycles. The van der Waals surface area contributed by atoms with Crippen molar-refractivity contribution in [3.8, 4) is 5.88 Å². The summed E-state index contributed by atoms with van der Waals surface area (Å²) in [7, 11) is 1.52. The first-order chi connectivity index (χ1) is 16.5. The minimum Gasteiger partial charge on any atom is -0.481 e. The van der Waals surface area contributed by atoms with Gasteiger partial charge in [0.15, 0.2) is 0 Å². The highest BCUT2D eigenvalue weighted by Gasteiger charge is 2.28. The number of aromatic nitrogens is 2. The third-order valence-corrected chi connectivity index (χ3v) is 6.66. The van der Waals surface area contributed by atoms with Crippen LogP contribution in [0.1, 0.15) is 48.5 Å². The number of carboxylic acid groups (broad SMARTS) is 1. The molecule has 4 rings (SSSR count). The van der Waals surface area contributed by atoms with Crippen LogP contribution < -0.4 is 15.4 Å². The predicted molar refractivity (Wildman–Crippen MR) is 128 cm³/mol. The average molecular weight is 468 g/mol. The van der Waals surface area contributed by atoms with Crippen molar-refractivity contribution in [2.45, 2.75) is 44.6 Å². The van der Waals surface area contributed by atoms with Gasteiger partial charge in [0.05, 0.1) is 19.6 Å². The Hall–Kier alpha value is -3.20. The number of methoxy groups -OCH3 is 1. The zero-order valence-electron chi connectivity index (χ0n) is 19.6. The molecular weight excluding hydrogens is 434 g/mol. The Morgan fingerprint density at radius 1 is 1.26 bits per heavy atom. The Labute approximate surface area is 199 Å². The largest absolute Gasteiger partial charge is 0.481 e. The SMILES string of the molecule is COc1ccc([C@H](CC(=O)O)NC(=O)C2CCN(CCc3ccc4c(n3)NCCC4)CC2)cn1. The van der Waals surface area contributed by atoms with E-state index in [1.807, 2.05) is 0 Å². The van der Waals surface area contributed by atoms with E-state index in [2.05, 4.69) is 32.7 Å². The summed E-state index contributed by atoms with van der Waals surface area (Å²) in [6, 6.07) is 7.11. The van der Waals surface area contributed by atoms with E-state index in [9.17, 15) is 14.7 Å². The third kappa shape index (κ3) is 6.22. The smallest absolute Gasteiger partial charge is 0.305 e. The molecule has 0 aromatic carbocycles. The first-order valence-corrected chi connectivity index (χ1v) is 12.0. The van der Waals surface area contributed by atoms with E-state index in [0.717, 1.165) is 69.8 Å². The molecule has 1 saturated heterocycles. The summed E-state index contributed by atoms with van der Waals surface area (Å²) in [6.45, 7) is 3.59. The summed E-state index contributed by atoms with van der Waals surface area (Å²) < 4.78 is 5.06. The van der Waals surface area contributed by atoms with Crippen LogP contribution in [0, 0.1) is 5.92 Å². The second kappa shape index (κ2) is 11.3. The molecule has 2 aromatic rings. The molecule has 1 amide bonds. The van der Waals surface area contributed by atoms with Crippen molar-refractivity contribution in [1.82, 2.24) is 20.2 Å². The van der Waals surface area contributed by atoms with Crippen LogP contribution in [0.25, 0.3) is 0 Å².